The normalized spacial score (nSPS) is 21.7. The summed E-state index contributed by atoms with van der Waals surface area (Å²) in [6.07, 6.45) is -1.95. The van der Waals surface area contributed by atoms with Crippen LogP contribution in [0.2, 0.25) is 0 Å². The quantitative estimate of drug-likeness (QED) is 0.701. The van der Waals surface area contributed by atoms with Crippen LogP contribution in [-0.2, 0) is 4.79 Å². The number of rotatable bonds is 4. The summed E-state index contributed by atoms with van der Waals surface area (Å²) in [6.45, 7) is 0.425. The van der Waals surface area contributed by atoms with Crippen LogP contribution in [0.4, 0.5) is 18.0 Å². The minimum atomic E-state index is -4.53. The third-order valence-corrected chi connectivity index (χ3v) is 4.75. The first kappa shape index (κ1) is 20.2. The molecule has 1 saturated heterocycles. The molecule has 7 nitrogen and oxygen atoms in total. The van der Waals surface area contributed by atoms with Gasteiger partial charge in [-0.1, -0.05) is 0 Å². The highest BCUT2D eigenvalue weighted by atomic mass is 19.4. The predicted octanol–water partition coefficient (Wildman–Crippen LogP) is 0.956. The van der Waals surface area contributed by atoms with Gasteiger partial charge in [0.1, 0.15) is 12.6 Å². The fourth-order valence-corrected chi connectivity index (χ4v) is 3.52. The van der Waals surface area contributed by atoms with Crippen LogP contribution in [-0.4, -0.2) is 51.0 Å². The number of fused-ring (bicyclic) bond motifs is 1. The van der Waals surface area contributed by atoms with Crippen molar-refractivity contribution in [2.75, 3.05) is 32.8 Å². The van der Waals surface area contributed by atoms with Crippen LogP contribution in [0.15, 0.2) is 18.2 Å². The summed E-state index contributed by atoms with van der Waals surface area (Å²) in [5.41, 5.74) is 1.01. The number of carbonyl (C=O) groups is 2. The van der Waals surface area contributed by atoms with Crippen molar-refractivity contribution in [3.63, 3.8) is 0 Å². The van der Waals surface area contributed by atoms with E-state index in [1.54, 1.807) is 5.32 Å². The lowest BCUT2D eigenvalue weighted by Crippen LogP contribution is -3.11. The lowest BCUT2D eigenvalue weighted by atomic mass is 10.0. The van der Waals surface area contributed by atoms with Gasteiger partial charge in [-0.15, -0.1) is 0 Å². The number of amides is 3. The Labute approximate surface area is 160 Å². The summed E-state index contributed by atoms with van der Waals surface area (Å²) in [4.78, 5) is 24.5. The van der Waals surface area contributed by atoms with Gasteiger partial charge >= 0.3 is 12.2 Å². The maximum Gasteiger partial charge on any atom is 0.405 e. The van der Waals surface area contributed by atoms with Crippen LogP contribution in [0.25, 0.3) is 0 Å². The molecule has 10 heteroatoms. The Balaban J connectivity index is 1.58. The number of imide groups is 1. The third kappa shape index (κ3) is 5.51. The Kier molecular flexibility index (Phi) is 6.28. The monoisotopic (exact) mass is 402 g/mol. The van der Waals surface area contributed by atoms with Gasteiger partial charge in [-0.25, -0.2) is 4.79 Å². The average molecular weight is 402 g/mol. The maximum absolute atomic E-state index is 12.1. The summed E-state index contributed by atoms with van der Waals surface area (Å²) >= 11 is 0. The molecule has 1 fully saturated rings. The molecule has 2 aliphatic heterocycles. The van der Waals surface area contributed by atoms with Gasteiger partial charge in [0, 0.05) is 24.8 Å². The molecule has 2 aliphatic rings. The zero-order valence-electron chi connectivity index (χ0n) is 15.2. The van der Waals surface area contributed by atoms with Crippen molar-refractivity contribution in [2.24, 2.45) is 0 Å². The van der Waals surface area contributed by atoms with E-state index in [4.69, 9.17) is 9.47 Å². The molecule has 0 aromatic heterocycles. The molecule has 1 aromatic carbocycles. The Morgan fingerprint density at radius 3 is 2.64 bits per heavy atom. The first-order valence-electron chi connectivity index (χ1n) is 9.20. The van der Waals surface area contributed by atoms with Crippen molar-refractivity contribution in [2.45, 2.75) is 31.5 Å². The number of hydrogen-bond donors (Lipinski definition) is 3. The first-order chi connectivity index (χ1) is 13.3. The number of carbonyl (C=O) groups excluding carboxylic acids is 2. The van der Waals surface area contributed by atoms with Gasteiger partial charge in [0.2, 0.25) is 0 Å². The lowest BCUT2D eigenvalue weighted by molar-refractivity contribution is -0.910. The van der Waals surface area contributed by atoms with Crippen molar-refractivity contribution in [3.8, 4) is 11.5 Å². The van der Waals surface area contributed by atoms with Gasteiger partial charge in [-0.2, -0.15) is 13.2 Å². The van der Waals surface area contributed by atoms with E-state index in [1.165, 1.54) is 0 Å². The lowest BCUT2D eigenvalue weighted by Gasteiger charge is -2.22. The summed E-state index contributed by atoms with van der Waals surface area (Å²) < 4.78 is 47.7. The van der Waals surface area contributed by atoms with E-state index in [9.17, 15) is 22.8 Å². The van der Waals surface area contributed by atoms with Crippen molar-refractivity contribution in [3.05, 3.63) is 23.8 Å². The molecule has 1 unspecified atom stereocenters. The van der Waals surface area contributed by atoms with Crippen molar-refractivity contribution in [1.82, 2.24) is 10.6 Å². The van der Waals surface area contributed by atoms with Crippen LogP contribution in [0.1, 0.15) is 30.9 Å². The minimum Gasteiger partial charge on any atom is -0.490 e. The van der Waals surface area contributed by atoms with Gasteiger partial charge in [0.25, 0.3) is 5.91 Å². The van der Waals surface area contributed by atoms with E-state index >= 15 is 0 Å². The molecular formula is C18H23F3N3O4+. The molecule has 2 heterocycles. The Bertz CT molecular complexity index is 727. The fraction of sp³-hybridized carbons (Fsp3) is 0.556. The van der Waals surface area contributed by atoms with E-state index < -0.39 is 24.7 Å². The van der Waals surface area contributed by atoms with E-state index in [1.807, 2.05) is 23.5 Å². The minimum absolute atomic E-state index is 0.00144. The maximum atomic E-state index is 12.1. The van der Waals surface area contributed by atoms with Gasteiger partial charge in [-0.05, 0) is 18.2 Å². The summed E-state index contributed by atoms with van der Waals surface area (Å²) in [7, 11) is 0. The molecule has 0 saturated carbocycles. The molecular weight excluding hydrogens is 379 g/mol. The number of nitrogens with one attached hydrogen (secondary N) is 3. The standard InChI is InChI=1S/C18H22F3N3O4/c19-18(20,21)11-22-17(26)23-16(25)10-24-6-1-3-13(24)12-4-5-14-15(9-12)28-8-2-7-27-14/h4-5,9,13H,1-3,6-8,10-11H2,(H2,22,23,25,26)/p+1/t13-/m0/s1. The second-order valence-corrected chi connectivity index (χ2v) is 6.88. The van der Waals surface area contributed by atoms with Gasteiger partial charge in [0.05, 0.1) is 19.8 Å². The van der Waals surface area contributed by atoms with Crippen LogP contribution in [0, 0.1) is 0 Å². The highest BCUT2D eigenvalue weighted by Gasteiger charge is 2.33. The fourth-order valence-electron chi connectivity index (χ4n) is 3.52. The van der Waals surface area contributed by atoms with Crippen LogP contribution >= 0.6 is 0 Å². The Hall–Kier alpha value is -2.49. The number of urea groups is 1. The number of alkyl halides is 3. The van der Waals surface area contributed by atoms with E-state index in [-0.39, 0.29) is 12.6 Å². The zero-order chi connectivity index (χ0) is 20.1. The summed E-state index contributed by atoms with van der Waals surface area (Å²) in [5, 5.41) is 3.58. The molecule has 0 aliphatic carbocycles. The molecule has 1 aromatic rings. The van der Waals surface area contributed by atoms with Crippen molar-refractivity contribution in [1.29, 1.82) is 0 Å². The molecule has 0 bridgehead atoms. The van der Waals surface area contributed by atoms with Crippen molar-refractivity contribution < 1.29 is 37.1 Å². The summed E-state index contributed by atoms with van der Waals surface area (Å²) in [5.74, 6) is 0.757. The van der Waals surface area contributed by atoms with Crippen molar-refractivity contribution >= 4 is 11.9 Å². The molecule has 0 spiro atoms. The Morgan fingerprint density at radius 2 is 1.89 bits per heavy atom. The number of likely N-dealkylation sites (tertiary alicyclic amines) is 1. The second kappa shape index (κ2) is 8.68. The smallest absolute Gasteiger partial charge is 0.405 e. The highest BCUT2D eigenvalue weighted by Crippen LogP contribution is 2.33. The van der Waals surface area contributed by atoms with Crippen LogP contribution in [0.5, 0.6) is 11.5 Å². The number of benzene rings is 1. The largest absolute Gasteiger partial charge is 0.490 e. The zero-order valence-corrected chi connectivity index (χ0v) is 15.2. The summed E-state index contributed by atoms with van der Waals surface area (Å²) in [6, 6.07) is 4.62. The molecule has 3 N–H and O–H groups in total. The van der Waals surface area contributed by atoms with E-state index in [2.05, 4.69) is 0 Å². The van der Waals surface area contributed by atoms with Crippen LogP contribution < -0.4 is 25.0 Å². The van der Waals surface area contributed by atoms with Crippen LogP contribution in [0.3, 0.4) is 0 Å². The molecule has 28 heavy (non-hydrogen) atoms. The number of ether oxygens (including phenoxy) is 2. The van der Waals surface area contributed by atoms with Gasteiger partial charge in [0.15, 0.2) is 18.0 Å². The molecule has 0 radical (unpaired) electrons. The number of hydrogen-bond acceptors (Lipinski definition) is 4. The van der Waals surface area contributed by atoms with E-state index in [0.29, 0.717) is 24.7 Å². The SMILES string of the molecule is O=C(C[NH+]1CCC[C@H]1c1ccc2c(c1)OCCCO2)NC(=O)NCC(F)(F)F. The topological polar surface area (TPSA) is 81.1 Å². The molecule has 154 valence electrons. The molecule has 3 amide bonds. The van der Waals surface area contributed by atoms with Gasteiger partial charge in [-0.3, -0.25) is 10.1 Å². The highest BCUT2D eigenvalue weighted by molar-refractivity contribution is 5.94. The third-order valence-electron chi connectivity index (χ3n) is 4.75. The Morgan fingerprint density at radius 1 is 1.14 bits per heavy atom. The second-order valence-electron chi connectivity index (χ2n) is 6.88. The molecule has 3 rings (SSSR count). The van der Waals surface area contributed by atoms with Gasteiger partial charge < -0.3 is 19.7 Å². The molecule has 2 atom stereocenters. The first-order valence-corrected chi connectivity index (χ1v) is 9.20. The number of halogens is 3. The number of quaternary nitrogens is 1. The van der Waals surface area contributed by atoms with E-state index in [0.717, 1.165) is 36.3 Å². The predicted molar refractivity (Wildman–Crippen MR) is 92.3 cm³/mol. The average Bonchev–Trinajstić information content (AvgIpc) is 2.94.